The van der Waals surface area contributed by atoms with Crippen molar-refractivity contribution in [2.75, 3.05) is 32.1 Å². The minimum absolute atomic E-state index is 0.0684. The highest BCUT2D eigenvalue weighted by molar-refractivity contribution is 5.94. The molecular weight excluding hydrogens is 518 g/mol. The monoisotopic (exact) mass is 557 g/mol. The molecule has 0 spiro atoms. The van der Waals surface area contributed by atoms with Crippen molar-refractivity contribution in [2.45, 2.75) is 63.8 Å². The molecule has 2 fully saturated rings. The van der Waals surface area contributed by atoms with E-state index in [9.17, 15) is 4.79 Å². The van der Waals surface area contributed by atoms with Crippen LogP contribution < -0.4 is 15.6 Å². The van der Waals surface area contributed by atoms with E-state index < -0.39 is 0 Å². The number of ether oxygens (including phenoxy) is 2. The van der Waals surface area contributed by atoms with E-state index >= 15 is 0 Å². The Kier molecular flexibility index (Phi) is 8.02. The van der Waals surface area contributed by atoms with Crippen LogP contribution in [0.5, 0.6) is 5.88 Å². The van der Waals surface area contributed by atoms with Crippen LogP contribution in [0.1, 0.15) is 50.6 Å². The summed E-state index contributed by atoms with van der Waals surface area (Å²) in [5, 5.41) is 13.9. The number of hydrogen-bond donors (Lipinski definition) is 1. The molecule has 41 heavy (non-hydrogen) atoms. The zero-order chi connectivity index (χ0) is 28.3. The second-order valence-corrected chi connectivity index (χ2v) is 11.2. The predicted octanol–water partition coefficient (Wildman–Crippen LogP) is 4.41. The normalized spacial score (nSPS) is 21.4. The summed E-state index contributed by atoms with van der Waals surface area (Å²) >= 11 is 0. The standard InChI is InChI=1S/C31H39N7O3/c1-4-32-28-17-27-26(18-33-28)31(22-7-5-21(6-8-22)19-37-16-15-25(20-37)40-3)35-38(27)23-9-11-24(12-10-23)41-29-13-14-30(39)36(2)34-29/h5-8,13-14,17-18,23-25H,4,9-12,15-16,19-20H2,1-3H3,(H,32,33)/t23?,24?,25-/m0/s1. The fraction of sp³-hybridized carbons (Fsp3) is 0.484. The third-order valence-electron chi connectivity index (χ3n) is 8.36. The molecule has 2 aliphatic rings. The van der Waals surface area contributed by atoms with Gasteiger partial charge in [-0.05, 0) is 44.6 Å². The summed E-state index contributed by atoms with van der Waals surface area (Å²) < 4.78 is 15.2. The summed E-state index contributed by atoms with van der Waals surface area (Å²) in [5.74, 6) is 1.36. The van der Waals surface area contributed by atoms with Gasteiger partial charge in [0.25, 0.3) is 5.56 Å². The first-order chi connectivity index (χ1) is 20.0. The highest BCUT2D eigenvalue weighted by Gasteiger charge is 2.27. The number of methoxy groups -OCH3 is 1. The maximum Gasteiger partial charge on any atom is 0.266 e. The van der Waals surface area contributed by atoms with Gasteiger partial charge >= 0.3 is 0 Å². The summed E-state index contributed by atoms with van der Waals surface area (Å²) in [5.41, 5.74) is 4.32. The number of fused-ring (bicyclic) bond motifs is 1. The van der Waals surface area contributed by atoms with Gasteiger partial charge in [0.1, 0.15) is 17.6 Å². The minimum atomic E-state index is -0.143. The van der Waals surface area contributed by atoms with Crippen LogP contribution in [0.2, 0.25) is 0 Å². The molecule has 3 aromatic heterocycles. The topological polar surface area (TPSA) is 99.3 Å². The number of benzene rings is 1. The molecule has 1 saturated heterocycles. The van der Waals surface area contributed by atoms with Gasteiger partial charge < -0.3 is 14.8 Å². The quantitative estimate of drug-likeness (QED) is 0.323. The first-order valence-corrected chi connectivity index (χ1v) is 14.7. The van der Waals surface area contributed by atoms with Gasteiger partial charge in [0.15, 0.2) is 0 Å². The Morgan fingerprint density at radius 3 is 2.51 bits per heavy atom. The first-order valence-electron chi connectivity index (χ1n) is 14.7. The lowest BCUT2D eigenvalue weighted by atomic mass is 9.93. The Hall–Kier alpha value is -3.76. The molecule has 4 aromatic rings. The second-order valence-electron chi connectivity index (χ2n) is 11.2. The number of likely N-dealkylation sites (tertiary alicyclic amines) is 1. The maximum atomic E-state index is 11.7. The molecule has 216 valence electrons. The SMILES string of the molecule is CCNc1cc2c(cn1)c(-c1ccc(CN3CC[C@H](OC)C3)cc1)nn2C1CCC(Oc2ccc(=O)n(C)n2)CC1. The Balaban J connectivity index is 1.21. The van der Waals surface area contributed by atoms with Crippen molar-refractivity contribution in [1.29, 1.82) is 0 Å². The van der Waals surface area contributed by atoms with Crippen molar-refractivity contribution >= 4 is 16.7 Å². The smallest absolute Gasteiger partial charge is 0.266 e. The molecule has 1 aliphatic carbocycles. The number of pyridine rings is 1. The summed E-state index contributed by atoms with van der Waals surface area (Å²) in [4.78, 5) is 18.8. The van der Waals surface area contributed by atoms with Crippen LogP contribution >= 0.6 is 0 Å². The highest BCUT2D eigenvalue weighted by Crippen LogP contribution is 2.36. The maximum absolute atomic E-state index is 11.7. The molecule has 1 aromatic carbocycles. The van der Waals surface area contributed by atoms with Crippen molar-refractivity contribution in [1.82, 2.24) is 29.4 Å². The minimum Gasteiger partial charge on any atom is -0.473 e. The second kappa shape index (κ2) is 12.0. The highest BCUT2D eigenvalue weighted by atomic mass is 16.5. The lowest BCUT2D eigenvalue weighted by Gasteiger charge is -2.29. The molecule has 4 heterocycles. The number of nitrogens with one attached hydrogen (secondary N) is 1. The van der Waals surface area contributed by atoms with E-state index in [-0.39, 0.29) is 17.7 Å². The molecule has 0 amide bonds. The first kappa shape index (κ1) is 27.4. The van der Waals surface area contributed by atoms with Crippen LogP contribution in [0.3, 0.4) is 0 Å². The number of anilines is 1. The van der Waals surface area contributed by atoms with Gasteiger partial charge in [-0.25, -0.2) is 9.67 Å². The van der Waals surface area contributed by atoms with E-state index in [1.807, 2.05) is 6.20 Å². The van der Waals surface area contributed by atoms with E-state index in [1.165, 1.54) is 16.3 Å². The number of aryl methyl sites for hydroxylation is 1. The van der Waals surface area contributed by atoms with Crippen molar-refractivity contribution in [3.05, 3.63) is 64.6 Å². The van der Waals surface area contributed by atoms with Crippen molar-refractivity contribution in [2.24, 2.45) is 7.05 Å². The van der Waals surface area contributed by atoms with Gasteiger partial charge in [-0.15, -0.1) is 5.10 Å². The zero-order valence-corrected chi connectivity index (χ0v) is 24.1. The Labute approximate surface area is 240 Å². The number of nitrogens with zero attached hydrogens (tertiary/aromatic N) is 6. The Morgan fingerprint density at radius 2 is 1.80 bits per heavy atom. The fourth-order valence-electron chi connectivity index (χ4n) is 6.08. The van der Waals surface area contributed by atoms with Gasteiger partial charge in [-0.2, -0.15) is 5.10 Å². The lowest BCUT2D eigenvalue weighted by molar-refractivity contribution is 0.107. The van der Waals surface area contributed by atoms with E-state index in [2.05, 4.69) is 62.2 Å². The summed E-state index contributed by atoms with van der Waals surface area (Å²) in [6, 6.07) is 14.4. The molecule has 0 bridgehead atoms. The Bertz CT molecular complexity index is 1540. The van der Waals surface area contributed by atoms with E-state index in [4.69, 9.17) is 14.6 Å². The molecule has 1 atom stereocenters. The average molecular weight is 558 g/mol. The molecule has 6 rings (SSSR count). The van der Waals surface area contributed by atoms with E-state index in [1.54, 1.807) is 20.2 Å². The molecule has 1 aliphatic heterocycles. The van der Waals surface area contributed by atoms with Gasteiger partial charge in [-0.3, -0.25) is 14.4 Å². The zero-order valence-electron chi connectivity index (χ0n) is 24.1. The molecule has 10 heteroatoms. The van der Waals surface area contributed by atoms with Crippen molar-refractivity contribution in [3.8, 4) is 17.1 Å². The molecule has 0 unspecified atom stereocenters. The Morgan fingerprint density at radius 1 is 1.00 bits per heavy atom. The summed E-state index contributed by atoms with van der Waals surface area (Å²) in [7, 11) is 3.44. The largest absolute Gasteiger partial charge is 0.473 e. The molecule has 1 N–H and O–H groups in total. The van der Waals surface area contributed by atoms with Crippen LogP contribution in [0.4, 0.5) is 5.82 Å². The number of rotatable bonds is 9. The van der Waals surface area contributed by atoms with Crippen molar-refractivity contribution in [3.63, 3.8) is 0 Å². The van der Waals surface area contributed by atoms with Crippen LogP contribution in [-0.2, 0) is 18.3 Å². The third-order valence-corrected chi connectivity index (χ3v) is 8.36. The van der Waals surface area contributed by atoms with Crippen LogP contribution in [0.15, 0.2) is 53.5 Å². The third kappa shape index (κ3) is 5.99. The molecule has 10 nitrogen and oxygen atoms in total. The number of aromatic nitrogens is 5. The van der Waals surface area contributed by atoms with Crippen LogP contribution in [0, 0.1) is 0 Å². The van der Waals surface area contributed by atoms with Crippen LogP contribution in [0.25, 0.3) is 22.2 Å². The van der Waals surface area contributed by atoms with Gasteiger partial charge in [0.05, 0.1) is 17.7 Å². The predicted molar refractivity (Wildman–Crippen MR) is 159 cm³/mol. The average Bonchev–Trinajstić information content (AvgIpc) is 3.60. The summed E-state index contributed by atoms with van der Waals surface area (Å²) in [6.45, 7) is 5.88. The van der Waals surface area contributed by atoms with Gasteiger partial charge in [0, 0.05) is 75.7 Å². The van der Waals surface area contributed by atoms with E-state index in [0.29, 0.717) is 12.0 Å². The molecular formula is C31H39N7O3. The van der Waals surface area contributed by atoms with Crippen molar-refractivity contribution < 1.29 is 9.47 Å². The van der Waals surface area contributed by atoms with Gasteiger partial charge in [0.2, 0.25) is 5.88 Å². The lowest BCUT2D eigenvalue weighted by Crippen LogP contribution is -2.27. The van der Waals surface area contributed by atoms with E-state index in [0.717, 1.165) is 86.3 Å². The number of hydrogen-bond acceptors (Lipinski definition) is 8. The molecule has 1 saturated carbocycles. The fourth-order valence-corrected chi connectivity index (χ4v) is 6.08. The van der Waals surface area contributed by atoms with Crippen LogP contribution in [-0.4, -0.2) is 68.4 Å². The van der Waals surface area contributed by atoms with Gasteiger partial charge in [-0.1, -0.05) is 24.3 Å². The molecule has 0 radical (unpaired) electrons. The summed E-state index contributed by atoms with van der Waals surface area (Å²) in [6.07, 6.45) is 7.15.